The molecule has 158 valence electrons. The van der Waals surface area contributed by atoms with Gasteiger partial charge in [-0.1, -0.05) is 30.0 Å². The first-order chi connectivity index (χ1) is 14.6. The molecule has 4 rings (SSSR count). The van der Waals surface area contributed by atoms with Gasteiger partial charge in [-0.2, -0.15) is 0 Å². The van der Waals surface area contributed by atoms with Crippen molar-refractivity contribution in [3.05, 3.63) is 54.2 Å². The zero-order valence-electron chi connectivity index (χ0n) is 17.4. The summed E-state index contributed by atoms with van der Waals surface area (Å²) in [7, 11) is 0. The Morgan fingerprint density at radius 2 is 1.60 bits per heavy atom. The first kappa shape index (κ1) is 20.7. The second-order valence-electron chi connectivity index (χ2n) is 7.79. The van der Waals surface area contributed by atoms with Gasteiger partial charge in [0.05, 0.1) is 15.8 Å². The SMILES string of the molecule is C[C@H](Sc1ccc(C(=O)N2CCCC2)cn1)C(=O)N1CCN(c2ccccc2)CC1. The summed E-state index contributed by atoms with van der Waals surface area (Å²) in [5.74, 6) is 0.198. The van der Waals surface area contributed by atoms with Crippen LogP contribution in [0.3, 0.4) is 0 Å². The number of pyridine rings is 1. The van der Waals surface area contributed by atoms with E-state index in [1.165, 1.54) is 17.4 Å². The second kappa shape index (κ2) is 9.51. The predicted molar refractivity (Wildman–Crippen MR) is 120 cm³/mol. The molecule has 1 aromatic carbocycles. The van der Waals surface area contributed by atoms with Gasteiger partial charge >= 0.3 is 0 Å². The standard InChI is InChI=1S/C23H28N4O2S/c1-18(22(28)27-15-13-25(14-16-27)20-7-3-2-4-8-20)30-21-10-9-19(17-24-21)23(29)26-11-5-6-12-26/h2-4,7-10,17-18H,5-6,11-16H2,1H3/t18-/m0/s1. The van der Waals surface area contributed by atoms with E-state index in [1.54, 1.807) is 6.20 Å². The average molecular weight is 425 g/mol. The van der Waals surface area contributed by atoms with Gasteiger partial charge in [0.2, 0.25) is 5.91 Å². The monoisotopic (exact) mass is 424 g/mol. The number of anilines is 1. The highest BCUT2D eigenvalue weighted by atomic mass is 32.2. The predicted octanol–water partition coefficient (Wildman–Crippen LogP) is 3.15. The molecule has 1 atom stereocenters. The number of carbonyl (C=O) groups is 2. The van der Waals surface area contributed by atoms with Crippen LogP contribution in [0.2, 0.25) is 0 Å². The number of hydrogen-bond donors (Lipinski definition) is 0. The first-order valence-corrected chi connectivity index (χ1v) is 11.5. The van der Waals surface area contributed by atoms with Gasteiger partial charge < -0.3 is 14.7 Å². The van der Waals surface area contributed by atoms with Gasteiger partial charge in [0, 0.05) is 51.2 Å². The molecule has 2 aliphatic rings. The number of piperazine rings is 1. The smallest absolute Gasteiger partial charge is 0.255 e. The number of rotatable bonds is 5. The lowest BCUT2D eigenvalue weighted by molar-refractivity contribution is -0.130. The summed E-state index contributed by atoms with van der Waals surface area (Å²) in [6.07, 6.45) is 3.79. The molecule has 2 fully saturated rings. The molecular weight excluding hydrogens is 396 g/mol. The Bertz CT molecular complexity index is 861. The van der Waals surface area contributed by atoms with Crippen LogP contribution in [0.4, 0.5) is 5.69 Å². The van der Waals surface area contributed by atoms with E-state index in [-0.39, 0.29) is 17.1 Å². The van der Waals surface area contributed by atoms with Crippen LogP contribution in [0.15, 0.2) is 53.7 Å². The third kappa shape index (κ3) is 4.78. The summed E-state index contributed by atoms with van der Waals surface area (Å²) in [5.41, 5.74) is 1.83. The van der Waals surface area contributed by atoms with E-state index in [1.807, 2.05) is 47.1 Å². The number of nitrogens with zero attached hydrogens (tertiary/aromatic N) is 4. The van der Waals surface area contributed by atoms with Crippen LogP contribution in [0.5, 0.6) is 0 Å². The summed E-state index contributed by atoms with van der Waals surface area (Å²) in [6, 6.07) is 14.0. The highest BCUT2D eigenvalue weighted by Gasteiger charge is 2.26. The normalized spacial score (nSPS) is 17.8. The number of carbonyl (C=O) groups excluding carboxylic acids is 2. The van der Waals surface area contributed by atoms with Crippen LogP contribution >= 0.6 is 11.8 Å². The maximum Gasteiger partial charge on any atom is 0.255 e. The minimum atomic E-state index is -0.207. The van der Waals surface area contributed by atoms with E-state index < -0.39 is 0 Å². The van der Waals surface area contributed by atoms with Crippen molar-refractivity contribution in [2.45, 2.75) is 30.0 Å². The molecule has 0 bridgehead atoms. The fraction of sp³-hybridized carbons (Fsp3) is 0.435. The van der Waals surface area contributed by atoms with Crippen LogP contribution in [0, 0.1) is 0 Å². The lowest BCUT2D eigenvalue weighted by Crippen LogP contribution is -2.50. The van der Waals surface area contributed by atoms with Gasteiger partial charge in [0.1, 0.15) is 0 Å². The summed E-state index contributed by atoms with van der Waals surface area (Å²) < 4.78 is 0. The molecule has 2 saturated heterocycles. The van der Waals surface area contributed by atoms with Crippen molar-refractivity contribution in [1.82, 2.24) is 14.8 Å². The lowest BCUT2D eigenvalue weighted by Gasteiger charge is -2.37. The molecule has 1 aromatic heterocycles. The molecular formula is C23H28N4O2S. The number of para-hydroxylation sites is 1. The molecule has 0 unspecified atom stereocenters. The molecule has 0 spiro atoms. The lowest BCUT2D eigenvalue weighted by atomic mass is 10.2. The summed E-state index contributed by atoms with van der Waals surface area (Å²) >= 11 is 1.45. The third-order valence-corrected chi connectivity index (χ3v) is 6.77. The van der Waals surface area contributed by atoms with Gasteiger partial charge in [-0.15, -0.1) is 0 Å². The number of hydrogen-bond acceptors (Lipinski definition) is 5. The van der Waals surface area contributed by atoms with E-state index in [4.69, 9.17) is 0 Å². The zero-order chi connectivity index (χ0) is 20.9. The van der Waals surface area contributed by atoms with Gasteiger partial charge in [-0.05, 0) is 44.0 Å². The maximum absolute atomic E-state index is 12.9. The van der Waals surface area contributed by atoms with Crippen molar-refractivity contribution in [3.8, 4) is 0 Å². The Morgan fingerprint density at radius 1 is 0.900 bits per heavy atom. The highest BCUT2D eigenvalue weighted by Crippen LogP contribution is 2.24. The minimum absolute atomic E-state index is 0.0527. The fourth-order valence-electron chi connectivity index (χ4n) is 3.99. The molecule has 30 heavy (non-hydrogen) atoms. The molecule has 2 aliphatic heterocycles. The zero-order valence-corrected chi connectivity index (χ0v) is 18.2. The molecule has 2 amide bonds. The van der Waals surface area contributed by atoms with Crippen LogP contribution in [-0.2, 0) is 4.79 Å². The van der Waals surface area contributed by atoms with Crippen molar-refractivity contribution >= 4 is 29.3 Å². The highest BCUT2D eigenvalue weighted by molar-refractivity contribution is 8.00. The largest absolute Gasteiger partial charge is 0.368 e. The summed E-state index contributed by atoms with van der Waals surface area (Å²) in [5, 5.41) is 0.567. The summed E-state index contributed by atoms with van der Waals surface area (Å²) in [6.45, 7) is 6.75. The number of benzene rings is 1. The molecule has 7 heteroatoms. The molecule has 6 nitrogen and oxygen atoms in total. The van der Waals surface area contributed by atoms with Crippen LogP contribution in [0.25, 0.3) is 0 Å². The Hall–Kier alpha value is -2.54. The third-order valence-electron chi connectivity index (χ3n) is 5.73. The molecule has 0 aliphatic carbocycles. The molecule has 0 N–H and O–H groups in total. The maximum atomic E-state index is 12.9. The van der Waals surface area contributed by atoms with Crippen LogP contribution in [-0.4, -0.2) is 71.1 Å². The van der Waals surface area contributed by atoms with E-state index in [0.29, 0.717) is 5.56 Å². The Balaban J connectivity index is 1.29. The van der Waals surface area contributed by atoms with Gasteiger partial charge in [0.15, 0.2) is 0 Å². The first-order valence-electron chi connectivity index (χ1n) is 10.6. The van der Waals surface area contributed by atoms with Crippen molar-refractivity contribution < 1.29 is 9.59 Å². The molecule has 0 saturated carbocycles. The Labute approximate surface area is 182 Å². The molecule has 3 heterocycles. The Kier molecular flexibility index (Phi) is 6.57. The van der Waals surface area contributed by atoms with Crippen LogP contribution < -0.4 is 4.90 Å². The number of thioether (sulfide) groups is 1. The van der Waals surface area contributed by atoms with E-state index in [0.717, 1.165) is 57.1 Å². The van der Waals surface area contributed by atoms with Crippen molar-refractivity contribution in [2.75, 3.05) is 44.2 Å². The van der Waals surface area contributed by atoms with Gasteiger partial charge in [0.25, 0.3) is 5.91 Å². The molecule has 2 aromatic rings. The van der Waals surface area contributed by atoms with E-state index in [2.05, 4.69) is 22.0 Å². The van der Waals surface area contributed by atoms with E-state index in [9.17, 15) is 9.59 Å². The second-order valence-corrected chi connectivity index (χ2v) is 9.15. The quantitative estimate of drug-likeness (QED) is 0.690. The van der Waals surface area contributed by atoms with E-state index >= 15 is 0 Å². The minimum Gasteiger partial charge on any atom is -0.368 e. The van der Waals surface area contributed by atoms with Crippen molar-refractivity contribution in [1.29, 1.82) is 0 Å². The molecule has 0 radical (unpaired) electrons. The number of likely N-dealkylation sites (tertiary alicyclic amines) is 1. The van der Waals surface area contributed by atoms with Crippen LogP contribution in [0.1, 0.15) is 30.1 Å². The topological polar surface area (TPSA) is 56.8 Å². The number of amides is 2. The van der Waals surface area contributed by atoms with Gasteiger partial charge in [-0.25, -0.2) is 4.98 Å². The summed E-state index contributed by atoms with van der Waals surface area (Å²) in [4.78, 5) is 35.9. The average Bonchev–Trinajstić information content (AvgIpc) is 3.34. The van der Waals surface area contributed by atoms with Gasteiger partial charge in [-0.3, -0.25) is 9.59 Å². The fourth-order valence-corrected chi connectivity index (χ4v) is 4.86. The number of aromatic nitrogens is 1. The van der Waals surface area contributed by atoms with Crippen molar-refractivity contribution in [3.63, 3.8) is 0 Å². The van der Waals surface area contributed by atoms with Crippen molar-refractivity contribution in [2.24, 2.45) is 0 Å². The Morgan fingerprint density at radius 3 is 2.23 bits per heavy atom.